The average Bonchev–Trinajstić information content (AvgIpc) is 2.88. The molecule has 0 aliphatic rings. The van der Waals surface area contributed by atoms with Crippen LogP contribution in [-0.2, 0) is 12.0 Å². The van der Waals surface area contributed by atoms with Gasteiger partial charge in [0.1, 0.15) is 5.69 Å². The maximum Gasteiger partial charge on any atom is 0.161 e. The fourth-order valence-electron chi connectivity index (χ4n) is 2.70. The topological polar surface area (TPSA) is 53.1 Å². The van der Waals surface area contributed by atoms with E-state index in [-0.39, 0.29) is 11.5 Å². The molecule has 2 aromatic rings. The van der Waals surface area contributed by atoms with E-state index in [0.29, 0.717) is 0 Å². The van der Waals surface area contributed by atoms with Crippen LogP contribution in [0.25, 0.3) is 0 Å². The minimum absolute atomic E-state index is 0.0402. The number of aryl methyl sites for hydroxylation is 1. The number of nitrogens with zero attached hydrogens (tertiary/aromatic N) is 2. The molecule has 114 valence electrons. The van der Waals surface area contributed by atoms with Gasteiger partial charge in [0.2, 0.25) is 0 Å². The number of nitrogens with two attached hydrogens (primary N) is 1. The second-order valence-electron chi connectivity index (χ2n) is 6.23. The van der Waals surface area contributed by atoms with Crippen LogP contribution in [0.1, 0.15) is 50.6 Å². The lowest BCUT2D eigenvalue weighted by atomic mass is 9.81. The molecule has 0 saturated carbocycles. The van der Waals surface area contributed by atoms with Gasteiger partial charge in [-0.25, -0.2) is 0 Å². The standard InChI is InChI=1S/C17H25N3O/c1-6-20-16(14(21-5)11-19-20)15(18)12-9-7-8-10-13(12)17(2,3)4/h7-11,15H,6,18H2,1-5H3. The first kappa shape index (κ1) is 15.6. The van der Waals surface area contributed by atoms with Gasteiger partial charge in [0, 0.05) is 6.54 Å². The van der Waals surface area contributed by atoms with Crippen LogP contribution in [0.3, 0.4) is 0 Å². The highest BCUT2D eigenvalue weighted by Gasteiger charge is 2.25. The molecule has 0 aliphatic carbocycles. The minimum atomic E-state index is -0.252. The van der Waals surface area contributed by atoms with E-state index >= 15 is 0 Å². The summed E-state index contributed by atoms with van der Waals surface area (Å²) in [6, 6.07) is 8.08. The van der Waals surface area contributed by atoms with Gasteiger partial charge in [0.05, 0.1) is 19.3 Å². The summed E-state index contributed by atoms with van der Waals surface area (Å²) >= 11 is 0. The molecular formula is C17H25N3O. The summed E-state index contributed by atoms with van der Waals surface area (Å²) in [5.41, 5.74) is 9.91. The number of aromatic nitrogens is 2. The summed E-state index contributed by atoms with van der Waals surface area (Å²) in [7, 11) is 1.66. The van der Waals surface area contributed by atoms with Crippen molar-refractivity contribution in [2.75, 3.05) is 7.11 Å². The van der Waals surface area contributed by atoms with Crippen molar-refractivity contribution in [3.8, 4) is 5.75 Å². The Morgan fingerprint density at radius 3 is 2.52 bits per heavy atom. The predicted molar refractivity (Wildman–Crippen MR) is 85.6 cm³/mol. The summed E-state index contributed by atoms with van der Waals surface area (Å²) in [5, 5.41) is 4.36. The number of ether oxygens (including phenoxy) is 1. The average molecular weight is 287 g/mol. The van der Waals surface area contributed by atoms with Crippen LogP contribution < -0.4 is 10.5 Å². The van der Waals surface area contributed by atoms with Crippen LogP contribution in [-0.4, -0.2) is 16.9 Å². The zero-order chi connectivity index (χ0) is 15.6. The second-order valence-corrected chi connectivity index (χ2v) is 6.23. The molecule has 1 aromatic carbocycles. The van der Waals surface area contributed by atoms with E-state index in [2.05, 4.69) is 51.0 Å². The van der Waals surface area contributed by atoms with Crippen molar-refractivity contribution in [2.24, 2.45) is 5.73 Å². The van der Waals surface area contributed by atoms with Crippen LogP contribution >= 0.6 is 0 Å². The summed E-state index contributed by atoms with van der Waals surface area (Å²) < 4.78 is 7.34. The molecule has 0 amide bonds. The first-order valence-electron chi connectivity index (χ1n) is 7.34. The van der Waals surface area contributed by atoms with E-state index < -0.39 is 0 Å². The van der Waals surface area contributed by atoms with Gasteiger partial charge in [-0.05, 0) is 23.5 Å². The Kier molecular flexibility index (Phi) is 4.37. The molecule has 0 spiro atoms. The van der Waals surface area contributed by atoms with Gasteiger partial charge in [-0.3, -0.25) is 4.68 Å². The molecule has 0 aliphatic heterocycles. The van der Waals surface area contributed by atoms with Gasteiger partial charge in [0.25, 0.3) is 0 Å². The number of hydrogen-bond donors (Lipinski definition) is 1. The maximum absolute atomic E-state index is 6.57. The smallest absolute Gasteiger partial charge is 0.161 e. The lowest BCUT2D eigenvalue weighted by Gasteiger charge is -2.26. The number of benzene rings is 1. The molecule has 0 bridgehead atoms. The van der Waals surface area contributed by atoms with Crippen LogP contribution in [0.2, 0.25) is 0 Å². The second kappa shape index (κ2) is 5.90. The highest BCUT2D eigenvalue weighted by atomic mass is 16.5. The molecule has 2 N–H and O–H groups in total. The Morgan fingerprint density at radius 2 is 1.95 bits per heavy atom. The van der Waals surface area contributed by atoms with Crippen molar-refractivity contribution in [2.45, 2.75) is 45.7 Å². The fraction of sp³-hybridized carbons (Fsp3) is 0.471. The largest absolute Gasteiger partial charge is 0.493 e. The van der Waals surface area contributed by atoms with E-state index in [4.69, 9.17) is 10.5 Å². The Balaban J connectivity index is 2.56. The third kappa shape index (κ3) is 2.95. The summed E-state index contributed by atoms with van der Waals surface area (Å²) in [5.74, 6) is 0.744. The van der Waals surface area contributed by atoms with Gasteiger partial charge >= 0.3 is 0 Å². The van der Waals surface area contributed by atoms with E-state index in [0.717, 1.165) is 23.6 Å². The van der Waals surface area contributed by atoms with Crippen molar-refractivity contribution in [1.29, 1.82) is 0 Å². The zero-order valence-corrected chi connectivity index (χ0v) is 13.6. The normalized spacial score (nSPS) is 13.2. The molecule has 1 atom stereocenters. The zero-order valence-electron chi connectivity index (χ0n) is 13.6. The maximum atomic E-state index is 6.57. The Bertz CT molecular complexity index is 589. The van der Waals surface area contributed by atoms with Gasteiger partial charge in [0.15, 0.2) is 5.75 Å². The predicted octanol–water partition coefficient (Wildman–Crippen LogP) is 3.26. The quantitative estimate of drug-likeness (QED) is 0.939. The van der Waals surface area contributed by atoms with Gasteiger partial charge in [-0.2, -0.15) is 5.10 Å². The van der Waals surface area contributed by atoms with Crippen LogP contribution in [0, 0.1) is 0 Å². The highest BCUT2D eigenvalue weighted by molar-refractivity contribution is 5.42. The summed E-state index contributed by atoms with van der Waals surface area (Å²) in [6.45, 7) is 9.43. The molecule has 4 heteroatoms. The molecule has 1 aromatic heterocycles. The lowest BCUT2D eigenvalue weighted by molar-refractivity contribution is 0.404. The molecule has 21 heavy (non-hydrogen) atoms. The third-order valence-corrected chi connectivity index (χ3v) is 3.76. The molecule has 0 fully saturated rings. The van der Waals surface area contributed by atoms with Gasteiger partial charge < -0.3 is 10.5 Å². The van der Waals surface area contributed by atoms with Crippen molar-refractivity contribution < 1.29 is 4.74 Å². The number of methoxy groups -OCH3 is 1. The third-order valence-electron chi connectivity index (χ3n) is 3.76. The van der Waals surface area contributed by atoms with Gasteiger partial charge in [-0.15, -0.1) is 0 Å². The fourth-order valence-corrected chi connectivity index (χ4v) is 2.70. The van der Waals surface area contributed by atoms with Crippen molar-refractivity contribution in [1.82, 2.24) is 9.78 Å². The summed E-state index contributed by atoms with van der Waals surface area (Å²) in [4.78, 5) is 0. The molecule has 0 saturated heterocycles. The van der Waals surface area contributed by atoms with Crippen molar-refractivity contribution in [3.63, 3.8) is 0 Å². The van der Waals surface area contributed by atoms with Gasteiger partial charge in [-0.1, -0.05) is 45.0 Å². The molecular weight excluding hydrogens is 262 g/mol. The molecule has 4 nitrogen and oxygen atoms in total. The van der Waals surface area contributed by atoms with Crippen LogP contribution in [0.15, 0.2) is 30.5 Å². The molecule has 2 rings (SSSR count). The van der Waals surface area contributed by atoms with Crippen LogP contribution in [0.5, 0.6) is 5.75 Å². The summed E-state index contributed by atoms with van der Waals surface area (Å²) in [6.07, 6.45) is 1.73. The van der Waals surface area contributed by atoms with E-state index in [1.165, 1.54) is 5.56 Å². The van der Waals surface area contributed by atoms with Crippen LogP contribution in [0.4, 0.5) is 0 Å². The Labute approximate surface area is 126 Å². The first-order valence-corrected chi connectivity index (χ1v) is 7.34. The highest BCUT2D eigenvalue weighted by Crippen LogP contribution is 2.34. The first-order chi connectivity index (χ1) is 9.90. The number of rotatable bonds is 4. The van der Waals surface area contributed by atoms with Crippen molar-refractivity contribution >= 4 is 0 Å². The number of hydrogen-bond acceptors (Lipinski definition) is 3. The molecule has 0 radical (unpaired) electrons. The van der Waals surface area contributed by atoms with E-state index in [1.54, 1.807) is 13.3 Å². The van der Waals surface area contributed by atoms with Crippen molar-refractivity contribution in [3.05, 3.63) is 47.3 Å². The Morgan fingerprint density at radius 1 is 1.29 bits per heavy atom. The molecule has 1 heterocycles. The Hall–Kier alpha value is -1.81. The van der Waals surface area contributed by atoms with E-state index in [1.807, 2.05) is 10.7 Å². The lowest BCUT2D eigenvalue weighted by Crippen LogP contribution is -2.23. The van der Waals surface area contributed by atoms with E-state index in [9.17, 15) is 0 Å². The monoisotopic (exact) mass is 287 g/mol. The minimum Gasteiger partial charge on any atom is -0.493 e. The molecule has 1 unspecified atom stereocenters. The SMILES string of the molecule is CCn1ncc(OC)c1C(N)c1ccccc1C(C)(C)C.